The molecule has 3 rings (SSSR count). The van der Waals surface area contributed by atoms with Crippen LogP contribution in [0, 0.1) is 16.0 Å². The Kier molecular flexibility index (Phi) is 5.35. The van der Waals surface area contributed by atoms with Crippen LogP contribution >= 0.6 is 11.6 Å². The summed E-state index contributed by atoms with van der Waals surface area (Å²) in [7, 11) is 0. The second kappa shape index (κ2) is 7.47. The normalized spacial score (nSPS) is 23.1. The first-order valence-electron chi connectivity index (χ1n) is 8.15. The summed E-state index contributed by atoms with van der Waals surface area (Å²) in [5.41, 5.74) is 0.558. The highest BCUT2D eigenvalue weighted by Gasteiger charge is 2.32. The lowest BCUT2D eigenvalue weighted by Crippen LogP contribution is -2.44. The number of nitrogens with zero attached hydrogens (tertiary/aromatic N) is 2. The van der Waals surface area contributed by atoms with E-state index in [1.807, 2.05) is 0 Å². The number of rotatable bonds is 6. The van der Waals surface area contributed by atoms with Gasteiger partial charge in [-0.2, -0.15) is 0 Å². The van der Waals surface area contributed by atoms with E-state index in [1.165, 1.54) is 18.9 Å². The summed E-state index contributed by atoms with van der Waals surface area (Å²) in [6.45, 7) is 4.50. The number of nitro groups is 1. The molecule has 7 heteroatoms. The maximum Gasteiger partial charge on any atom is 0.293 e. The summed E-state index contributed by atoms with van der Waals surface area (Å²) in [5, 5.41) is 14.9. The summed E-state index contributed by atoms with van der Waals surface area (Å²) in [6, 6.07) is 5.12. The fourth-order valence-electron chi connectivity index (χ4n) is 3.54. The van der Waals surface area contributed by atoms with Gasteiger partial charge in [-0.1, -0.05) is 11.6 Å². The number of hydrogen-bond acceptors (Lipinski definition) is 5. The summed E-state index contributed by atoms with van der Waals surface area (Å²) in [6.07, 6.45) is 3.52. The number of nitrogens with one attached hydrogen (secondary N) is 1. The second-order valence-corrected chi connectivity index (χ2v) is 6.67. The summed E-state index contributed by atoms with van der Waals surface area (Å²) in [5.74, 6) is 0.493. The molecule has 0 spiro atoms. The molecule has 2 saturated heterocycles. The minimum Gasteiger partial charge on any atom is -0.381 e. The van der Waals surface area contributed by atoms with Crippen molar-refractivity contribution < 1.29 is 9.66 Å². The number of benzene rings is 1. The fraction of sp³-hybridized carbons (Fsp3) is 0.625. The average molecular weight is 340 g/mol. The number of halogens is 1. The Morgan fingerprint density at radius 3 is 2.87 bits per heavy atom. The molecule has 2 aliphatic rings. The zero-order valence-electron chi connectivity index (χ0n) is 13.0. The molecular formula is C16H22ClN3O3. The number of likely N-dealkylation sites (tertiary alicyclic amines) is 1. The van der Waals surface area contributed by atoms with E-state index >= 15 is 0 Å². The Bertz CT molecular complexity index is 542. The molecule has 1 aromatic carbocycles. The third-order valence-electron chi connectivity index (χ3n) is 4.78. The molecule has 0 amide bonds. The Balaban J connectivity index is 1.72. The smallest absolute Gasteiger partial charge is 0.293 e. The van der Waals surface area contributed by atoms with Crippen molar-refractivity contribution in [3.63, 3.8) is 0 Å². The van der Waals surface area contributed by atoms with Crippen molar-refractivity contribution in [2.45, 2.75) is 25.3 Å². The van der Waals surface area contributed by atoms with E-state index in [9.17, 15) is 10.1 Å². The van der Waals surface area contributed by atoms with Gasteiger partial charge in [0, 0.05) is 36.2 Å². The molecule has 0 aromatic heterocycles. The van der Waals surface area contributed by atoms with E-state index < -0.39 is 4.92 Å². The molecule has 1 aromatic rings. The van der Waals surface area contributed by atoms with Crippen LogP contribution < -0.4 is 5.32 Å². The zero-order valence-corrected chi connectivity index (χ0v) is 13.8. The monoisotopic (exact) mass is 339 g/mol. The van der Waals surface area contributed by atoms with E-state index in [0.29, 0.717) is 29.2 Å². The van der Waals surface area contributed by atoms with Gasteiger partial charge in [0.2, 0.25) is 0 Å². The van der Waals surface area contributed by atoms with E-state index in [-0.39, 0.29) is 5.69 Å². The first-order chi connectivity index (χ1) is 11.1. The minimum absolute atomic E-state index is 0.0281. The molecule has 2 aliphatic heterocycles. The Morgan fingerprint density at radius 1 is 1.43 bits per heavy atom. The standard InChI is InChI=1S/C16H22ClN3O3/c17-13-3-4-14(15(9-13)20(21)22)18-10-16(12-5-8-23-11-12)19-6-1-2-7-19/h3-4,9,12,16,18H,1-2,5-8,10-11H2/t12-,16+/m1/s1. The number of hydrogen-bond donors (Lipinski definition) is 1. The molecule has 2 fully saturated rings. The van der Waals surface area contributed by atoms with Gasteiger partial charge in [-0.25, -0.2) is 0 Å². The minimum atomic E-state index is -0.391. The third kappa shape index (κ3) is 3.94. The van der Waals surface area contributed by atoms with Gasteiger partial charge in [0.05, 0.1) is 11.5 Å². The van der Waals surface area contributed by atoms with Crippen LogP contribution in [0.25, 0.3) is 0 Å². The Hall–Kier alpha value is -1.37. The maximum atomic E-state index is 11.2. The first-order valence-corrected chi connectivity index (χ1v) is 8.52. The lowest BCUT2D eigenvalue weighted by Gasteiger charge is -2.32. The van der Waals surface area contributed by atoms with Crippen LogP contribution in [0.5, 0.6) is 0 Å². The summed E-state index contributed by atoms with van der Waals surface area (Å²) in [4.78, 5) is 13.3. The molecule has 1 N–H and O–H groups in total. The van der Waals surface area contributed by atoms with Crippen molar-refractivity contribution in [2.75, 3.05) is 38.2 Å². The predicted octanol–water partition coefficient (Wildman–Crippen LogP) is 3.16. The van der Waals surface area contributed by atoms with Crippen molar-refractivity contribution in [3.8, 4) is 0 Å². The van der Waals surface area contributed by atoms with Crippen LogP contribution in [-0.4, -0.2) is 48.7 Å². The zero-order chi connectivity index (χ0) is 16.2. The number of anilines is 1. The highest BCUT2D eigenvalue weighted by Crippen LogP contribution is 2.29. The maximum absolute atomic E-state index is 11.2. The van der Waals surface area contributed by atoms with Crippen LogP contribution in [-0.2, 0) is 4.74 Å². The van der Waals surface area contributed by atoms with Crippen LogP contribution in [0.15, 0.2) is 18.2 Å². The highest BCUT2D eigenvalue weighted by molar-refractivity contribution is 6.30. The Morgan fingerprint density at radius 2 is 2.22 bits per heavy atom. The second-order valence-electron chi connectivity index (χ2n) is 6.23. The molecule has 0 radical (unpaired) electrons. The van der Waals surface area contributed by atoms with Gasteiger partial charge in [0.1, 0.15) is 5.69 Å². The molecule has 6 nitrogen and oxygen atoms in total. The van der Waals surface area contributed by atoms with Gasteiger partial charge < -0.3 is 10.1 Å². The van der Waals surface area contributed by atoms with Crippen LogP contribution in [0.4, 0.5) is 11.4 Å². The molecule has 23 heavy (non-hydrogen) atoms. The predicted molar refractivity (Wildman–Crippen MR) is 90.1 cm³/mol. The van der Waals surface area contributed by atoms with Crippen molar-refractivity contribution in [1.82, 2.24) is 4.90 Å². The van der Waals surface area contributed by atoms with Gasteiger partial charge >= 0.3 is 0 Å². The van der Waals surface area contributed by atoms with Crippen molar-refractivity contribution in [1.29, 1.82) is 0 Å². The lowest BCUT2D eigenvalue weighted by atomic mass is 9.97. The highest BCUT2D eigenvalue weighted by atomic mass is 35.5. The first kappa shape index (κ1) is 16.5. The topological polar surface area (TPSA) is 67.6 Å². The molecule has 0 aliphatic carbocycles. The lowest BCUT2D eigenvalue weighted by molar-refractivity contribution is -0.383. The van der Waals surface area contributed by atoms with Gasteiger partial charge in [0.25, 0.3) is 5.69 Å². The van der Waals surface area contributed by atoms with Crippen LogP contribution in [0.1, 0.15) is 19.3 Å². The van der Waals surface area contributed by atoms with Gasteiger partial charge in [-0.05, 0) is 44.5 Å². The quantitative estimate of drug-likeness (QED) is 0.637. The van der Waals surface area contributed by atoms with Gasteiger partial charge in [0.15, 0.2) is 0 Å². The van der Waals surface area contributed by atoms with E-state index in [2.05, 4.69) is 10.2 Å². The van der Waals surface area contributed by atoms with Crippen LogP contribution in [0.3, 0.4) is 0 Å². The molecule has 0 unspecified atom stereocenters. The molecule has 0 bridgehead atoms. The van der Waals surface area contributed by atoms with Crippen molar-refractivity contribution in [2.24, 2.45) is 5.92 Å². The summed E-state index contributed by atoms with van der Waals surface area (Å²) < 4.78 is 5.55. The average Bonchev–Trinajstić information content (AvgIpc) is 3.22. The summed E-state index contributed by atoms with van der Waals surface area (Å²) >= 11 is 5.87. The molecule has 126 valence electrons. The fourth-order valence-corrected chi connectivity index (χ4v) is 3.71. The number of nitro benzene ring substituents is 1. The van der Waals surface area contributed by atoms with Crippen LogP contribution in [0.2, 0.25) is 5.02 Å². The Labute approximate surface area is 140 Å². The van der Waals surface area contributed by atoms with Crippen molar-refractivity contribution in [3.05, 3.63) is 33.3 Å². The molecule has 2 atom stereocenters. The van der Waals surface area contributed by atoms with Gasteiger partial charge in [-0.15, -0.1) is 0 Å². The van der Waals surface area contributed by atoms with E-state index in [0.717, 1.165) is 32.7 Å². The molecule has 0 saturated carbocycles. The molecule has 2 heterocycles. The number of ether oxygens (including phenoxy) is 1. The van der Waals surface area contributed by atoms with Crippen molar-refractivity contribution >= 4 is 23.0 Å². The molecular weight excluding hydrogens is 318 g/mol. The van der Waals surface area contributed by atoms with E-state index in [1.54, 1.807) is 12.1 Å². The van der Waals surface area contributed by atoms with E-state index in [4.69, 9.17) is 16.3 Å². The third-order valence-corrected chi connectivity index (χ3v) is 5.01. The van der Waals surface area contributed by atoms with Gasteiger partial charge in [-0.3, -0.25) is 15.0 Å². The SMILES string of the molecule is O=[N+]([O-])c1cc(Cl)ccc1NC[C@@H]([C@@H]1CCOC1)N1CCCC1. The largest absolute Gasteiger partial charge is 0.381 e.